The second kappa shape index (κ2) is 17.4. The molecule has 2 nitrogen and oxygen atoms in total. The zero-order chi connectivity index (χ0) is 14.9. The van der Waals surface area contributed by atoms with Crippen LogP contribution < -0.4 is 0 Å². The normalized spacial score (nSPS) is 10.7. The number of carbonyl (C=O) groups excluding carboxylic acids is 1. The summed E-state index contributed by atoms with van der Waals surface area (Å²) < 4.78 is 5.21. The van der Waals surface area contributed by atoms with Crippen molar-refractivity contribution in [2.45, 2.75) is 77.6 Å². The smallest absolute Gasteiger partial charge is 0.367 e. The number of thioether (sulfide) groups is 1. The Kier molecular flexibility index (Phi) is 17.6. The molecule has 0 rings (SSSR count). The van der Waals surface area contributed by atoms with Gasteiger partial charge < -0.3 is 4.74 Å². The first-order chi connectivity index (χ1) is 9.81. The number of hydrogen-bond acceptors (Lipinski definition) is 3. The highest BCUT2D eigenvalue weighted by Crippen LogP contribution is 2.12. The maximum Gasteiger partial charge on any atom is 0.367 e. The van der Waals surface area contributed by atoms with E-state index >= 15 is 0 Å². The molecule has 4 heteroatoms. The molecule has 0 N–H and O–H groups in total. The zero-order valence-corrected chi connectivity index (χ0v) is 15.4. The van der Waals surface area contributed by atoms with Gasteiger partial charge in [-0.2, -0.15) is 0 Å². The van der Waals surface area contributed by atoms with Gasteiger partial charge in [-0.05, 0) is 31.0 Å². The molecule has 120 valence electrons. The molecule has 0 amide bonds. The molecule has 0 aromatic rings. The van der Waals surface area contributed by atoms with Gasteiger partial charge in [-0.25, -0.2) is 4.79 Å². The average Bonchev–Trinajstić information content (AvgIpc) is 2.45. The first-order valence-electron chi connectivity index (χ1n) is 8.16. The van der Waals surface area contributed by atoms with E-state index in [1.165, 1.54) is 69.5 Å². The summed E-state index contributed by atoms with van der Waals surface area (Å²) in [4.78, 5) is 11.4. The highest BCUT2D eigenvalue weighted by molar-refractivity contribution is 9.09. The molecule has 0 aromatic carbocycles. The van der Waals surface area contributed by atoms with Crippen molar-refractivity contribution < 1.29 is 9.53 Å². The fraction of sp³-hybridized carbons (Fsp3) is 0.938. The number of carbonyl (C=O) groups is 1. The first-order valence-corrected chi connectivity index (χ1v) is 10.3. The predicted molar refractivity (Wildman–Crippen MR) is 94.1 cm³/mol. The third kappa shape index (κ3) is 16.4. The van der Waals surface area contributed by atoms with Crippen LogP contribution in [0.15, 0.2) is 0 Å². The lowest BCUT2D eigenvalue weighted by molar-refractivity contribution is 0.172. The zero-order valence-electron chi connectivity index (χ0n) is 13.0. The topological polar surface area (TPSA) is 26.3 Å². The standard InChI is InChI=1S/C16H31BrO2S/c1-2-3-4-9-12-15-20-16(18)19-14-11-8-6-5-7-10-13-17/h2-15H2,1H3. The molecule has 20 heavy (non-hydrogen) atoms. The lowest BCUT2D eigenvalue weighted by atomic mass is 10.1. The van der Waals surface area contributed by atoms with E-state index in [0.29, 0.717) is 6.61 Å². The van der Waals surface area contributed by atoms with Crippen molar-refractivity contribution in [3.8, 4) is 0 Å². The minimum Gasteiger partial charge on any atom is -0.458 e. The SMILES string of the molecule is CCCCCCCSC(=O)OCCCCCCCCBr. The van der Waals surface area contributed by atoms with Crippen LogP contribution in [0.4, 0.5) is 4.79 Å². The van der Waals surface area contributed by atoms with Crippen molar-refractivity contribution in [1.29, 1.82) is 0 Å². The maximum atomic E-state index is 11.4. The van der Waals surface area contributed by atoms with E-state index in [9.17, 15) is 4.79 Å². The van der Waals surface area contributed by atoms with E-state index in [1.807, 2.05) is 0 Å². The Morgan fingerprint density at radius 3 is 2.20 bits per heavy atom. The quantitative estimate of drug-likeness (QED) is 0.197. The Balaban J connectivity index is 3.12. The second-order valence-corrected chi connectivity index (χ2v) is 6.99. The van der Waals surface area contributed by atoms with Crippen LogP contribution in [0.2, 0.25) is 0 Å². The molecule has 0 bridgehead atoms. The van der Waals surface area contributed by atoms with Crippen LogP contribution in [0.5, 0.6) is 0 Å². The molecular weight excluding hydrogens is 336 g/mol. The van der Waals surface area contributed by atoms with Gasteiger partial charge in [-0.15, -0.1) is 0 Å². The largest absolute Gasteiger partial charge is 0.458 e. The van der Waals surface area contributed by atoms with E-state index in [4.69, 9.17) is 4.74 Å². The Bertz CT molecular complexity index is 213. The third-order valence-electron chi connectivity index (χ3n) is 3.22. The van der Waals surface area contributed by atoms with Crippen molar-refractivity contribution in [3.05, 3.63) is 0 Å². The average molecular weight is 367 g/mol. The van der Waals surface area contributed by atoms with Gasteiger partial charge >= 0.3 is 5.30 Å². The lowest BCUT2D eigenvalue weighted by Gasteiger charge is -2.04. The Hall–Kier alpha value is 0.300. The number of unbranched alkanes of at least 4 members (excludes halogenated alkanes) is 9. The van der Waals surface area contributed by atoms with Crippen LogP contribution in [0.3, 0.4) is 0 Å². The molecular formula is C16H31BrO2S. The predicted octanol–water partition coefficient (Wildman–Crippen LogP) is 6.56. The molecule has 0 aliphatic carbocycles. The van der Waals surface area contributed by atoms with Crippen LogP contribution in [0.1, 0.15) is 77.6 Å². The van der Waals surface area contributed by atoms with E-state index < -0.39 is 0 Å². The summed E-state index contributed by atoms with van der Waals surface area (Å²) in [5.74, 6) is 0.912. The van der Waals surface area contributed by atoms with Gasteiger partial charge in [-0.1, -0.05) is 74.2 Å². The second-order valence-electron chi connectivity index (χ2n) is 5.17. The van der Waals surface area contributed by atoms with Gasteiger partial charge in [0.2, 0.25) is 0 Å². The minimum absolute atomic E-state index is 0.0835. The number of hydrogen-bond donors (Lipinski definition) is 0. The van der Waals surface area contributed by atoms with E-state index in [0.717, 1.165) is 23.9 Å². The molecule has 0 saturated heterocycles. The summed E-state index contributed by atoms with van der Waals surface area (Å²) in [5.41, 5.74) is 0. The number of alkyl halides is 1. The molecule has 0 aromatic heterocycles. The van der Waals surface area contributed by atoms with Crippen LogP contribution >= 0.6 is 27.7 Å². The van der Waals surface area contributed by atoms with Gasteiger partial charge in [0.05, 0.1) is 6.61 Å². The van der Waals surface area contributed by atoms with Crippen molar-refractivity contribution in [3.63, 3.8) is 0 Å². The molecule has 0 atom stereocenters. The van der Waals surface area contributed by atoms with E-state index in [2.05, 4.69) is 22.9 Å². The summed E-state index contributed by atoms with van der Waals surface area (Å²) in [6.45, 7) is 2.81. The minimum atomic E-state index is -0.0835. The van der Waals surface area contributed by atoms with Gasteiger partial charge in [0.1, 0.15) is 0 Å². The number of ether oxygens (including phenoxy) is 1. The van der Waals surface area contributed by atoms with Crippen molar-refractivity contribution in [1.82, 2.24) is 0 Å². The van der Waals surface area contributed by atoms with Gasteiger partial charge in [0.15, 0.2) is 0 Å². The summed E-state index contributed by atoms with van der Waals surface area (Å²) in [7, 11) is 0. The fourth-order valence-corrected chi connectivity index (χ4v) is 3.04. The first kappa shape index (κ1) is 20.3. The van der Waals surface area contributed by atoms with E-state index in [1.54, 1.807) is 0 Å². The molecule has 0 spiro atoms. The molecule has 0 heterocycles. The molecule has 0 aliphatic rings. The van der Waals surface area contributed by atoms with Crippen molar-refractivity contribution in [2.75, 3.05) is 17.7 Å². The summed E-state index contributed by atoms with van der Waals surface area (Å²) >= 11 is 4.78. The van der Waals surface area contributed by atoms with Crippen LogP contribution in [0, 0.1) is 0 Å². The van der Waals surface area contributed by atoms with Gasteiger partial charge in [0, 0.05) is 11.1 Å². The van der Waals surface area contributed by atoms with Crippen molar-refractivity contribution in [2.24, 2.45) is 0 Å². The third-order valence-corrected chi connectivity index (χ3v) is 4.62. The molecule has 0 aliphatic heterocycles. The number of rotatable bonds is 14. The van der Waals surface area contributed by atoms with Gasteiger partial charge in [0.25, 0.3) is 0 Å². The maximum absolute atomic E-state index is 11.4. The molecule has 0 radical (unpaired) electrons. The van der Waals surface area contributed by atoms with Crippen LogP contribution in [-0.4, -0.2) is 23.0 Å². The van der Waals surface area contributed by atoms with Crippen LogP contribution in [-0.2, 0) is 4.74 Å². The summed E-state index contributed by atoms with van der Waals surface area (Å²) in [5, 5.41) is 1.03. The highest BCUT2D eigenvalue weighted by atomic mass is 79.9. The fourth-order valence-electron chi connectivity index (χ4n) is 1.96. The summed E-state index contributed by atoms with van der Waals surface area (Å²) in [6, 6.07) is 0. The Morgan fingerprint density at radius 1 is 0.900 bits per heavy atom. The molecule has 0 fully saturated rings. The molecule has 0 unspecified atom stereocenters. The monoisotopic (exact) mass is 366 g/mol. The Labute approximate surface area is 137 Å². The van der Waals surface area contributed by atoms with Crippen molar-refractivity contribution >= 4 is 33.0 Å². The number of halogens is 1. The lowest BCUT2D eigenvalue weighted by Crippen LogP contribution is -2.00. The Morgan fingerprint density at radius 2 is 1.50 bits per heavy atom. The highest BCUT2D eigenvalue weighted by Gasteiger charge is 2.02. The van der Waals surface area contributed by atoms with Crippen LogP contribution in [0.25, 0.3) is 0 Å². The van der Waals surface area contributed by atoms with Gasteiger partial charge in [-0.3, -0.25) is 0 Å². The van der Waals surface area contributed by atoms with E-state index in [-0.39, 0.29) is 5.30 Å². The molecule has 0 saturated carbocycles. The summed E-state index contributed by atoms with van der Waals surface area (Å²) in [6.07, 6.45) is 13.6.